The van der Waals surface area contributed by atoms with Crippen LogP contribution in [0.2, 0.25) is 0 Å². The van der Waals surface area contributed by atoms with Gasteiger partial charge in [-0.3, -0.25) is 4.57 Å². The van der Waals surface area contributed by atoms with Gasteiger partial charge in [0.1, 0.15) is 0 Å². The zero-order valence-corrected chi connectivity index (χ0v) is 3.64. The molecule has 0 aromatic carbocycles. The van der Waals surface area contributed by atoms with E-state index in [4.69, 9.17) is 9.79 Å². The van der Waals surface area contributed by atoms with E-state index in [-0.39, 0.29) is 17.4 Å². The minimum absolute atomic E-state index is 0. The summed E-state index contributed by atoms with van der Waals surface area (Å²) >= 11 is 0. The SMILES string of the molecule is CP(=O)(O)O.[AlH3]. The molecule has 0 bridgehead atoms. The van der Waals surface area contributed by atoms with Crippen LogP contribution in [0.15, 0.2) is 0 Å². The summed E-state index contributed by atoms with van der Waals surface area (Å²) in [6.45, 7) is 0.854. The van der Waals surface area contributed by atoms with Crippen LogP contribution in [-0.2, 0) is 4.57 Å². The molecule has 2 N–H and O–H groups in total. The van der Waals surface area contributed by atoms with Gasteiger partial charge in [-0.25, -0.2) is 0 Å². The van der Waals surface area contributed by atoms with Crippen LogP contribution in [0.1, 0.15) is 0 Å². The molecule has 0 saturated heterocycles. The third-order valence-electron chi connectivity index (χ3n) is 0. The van der Waals surface area contributed by atoms with Gasteiger partial charge in [0.2, 0.25) is 0 Å². The Balaban J connectivity index is 0. The first-order chi connectivity index (χ1) is 2.00. The van der Waals surface area contributed by atoms with Gasteiger partial charge in [-0.2, -0.15) is 0 Å². The summed E-state index contributed by atoms with van der Waals surface area (Å²) in [6.07, 6.45) is 0. The van der Waals surface area contributed by atoms with Gasteiger partial charge in [0.05, 0.1) is 0 Å². The molecule has 0 aromatic rings. The third kappa shape index (κ3) is 136. The third-order valence-corrected chi connectivity index (χ3v) is 0. The summed E-state index contributed by atoms with van der Waals surface area (Å²) in [5.74, 6) is 0. The van der Waals surface area contributed by atoms with E-state index in [1.54, 1.807) is 0 Å². The van der Waals surface area contributed by atoms with Crippen molar-refractivity contribution in [1.82, 2.24) is 0 Å². The van der Waals surface area contributed by atoms with Crippen LogP contribution in [0, 0.1) is 0 Å². The topological polar surface area (TPSA) is 57.5 Å². The molecule has 0 aliphatic rings. The molecular weight excluding hydrogens is 118 g/mol. The normalized spacial score (nSPS) is 9.83. The van der Waals surface area contributed by atoms with Crippen LogP contribution in [0.5, 0.6) is 0 Å². The Morgan fingerprint density at radius 3 is 1.50 bits per heavy atom. The van der Waals surface area contributed by atoms with E-state index in [0.717, 1.165) is 6.66 Å². The zero-order chi connectivity index (χ0) is 4.50. The maximum Gasteiger partial charge on any atom is 0.322 e. The highest BCUT2D eigenvalue weighted by Crippen LogP contribution is 2.26. The summed E-state index contributed by atoms with van der Waals surface area (Å²) in [5, 5.41) is 0. The van der Waals surface area contributed by atoms with Crippen molar-refractivity contribution in [2.45, 2.75) is 0 Å². The summed E-state index contributed by atoms with van der Waals surface area (Å²) in [6, 6.07) is 0. The van der Waals surface area contributed by atoms with E-state index in [9.17, 15) is 4.57 Å². The quantitative estimate of drug-likeness (QED) is 0.310. The Labute approximate surface area is 46.7 Å². The lowest BCUT2D eigenvalue weighted by molar-refractivity contribution is 0.381. The van der Waals surface area contributed by atoms with Crippen molar-refractivity contribution >= 4 is 25.0 Å². The predicted octanol–water partition coefficient (Wildman–Crippen LogP) is -1.39. The Morgan fingerprint density at radius 2 is 1.50 bits per heavy atom. The van der Waals surface area contributed by atoms with Crippen LogP contribution in [-0.4, -0.2) is 33.8 Å². The van der Waals surface area contributed by atoms with Gasteiger partial charge >= 0.3 is 7.60 Å². The Kier molecular flexibility index (Phi) is 4.58. The first kappa shape index (κ1) is 9.84. The molecule has 0 fully saturated rings. The molecule has 0 amide bonds. The van der Waals surface area contributed by atoms with E-state index >= 15 is 0 Å². The average molecular weight is 126 g/mol. The number of rotatable bonds is 0. The molecule has 0 aromatic heterocycles. The van der Waals surface area contributed by atoms with E-state index in [1.165, 1.54) is 0 Å². The molecule has 0 atom stereocenters. The first-order valence-electron chi connectivity index (χ1n) is 1.03. The first-order valence-corrected chi connectivity index (χ1v) is 3.09. The van der Waals surface area contributed by atoms with Gasteiger partial charge in [0, 0.05) is 6.66 Å². The molecule has 0 aliphatic carbocycles. The largest absolute Gasteiger partial charge is 0.325 e. The van der Waals surface area contributed by atoms with Gasteiger partial charge in [0.25, 0.3) is 0 Å². The molecule has 5 heteroatoms. The average Bonchev–Trinajstić information content (AvgIpc) is 0.722. The summed E-state index contributed by atoms with van der Waals surface area (Å²) in [5.41, 5.74) is 0. The fourth-order valence-electron chi connectivity index (χ4n) is 0. The molecule has 0 spiro atoms. The van der Waals surface area contributed by atoms with E-state index in [0.29, 0.717) is 0 Å². The van der Waals surface area contributed by atoms with Crippen LogP contribution in [0.3, 0.4) is 0 Å². The van der Waals surface area contributed by atoms with Crippen molar-refractivity contribution in [2.75, 3.05) is 6.66 Å². The van der Waals surface area contributed by atoms with E-state index < -0.39 is 7.60 Å². The summed E-state index contributed by atoms with van der Waals surface area (Å²) in [4.78, 5) is 15.3. The van der Waals surface area contributed by atoms with Crippen LogP contribution in [0.25, 0.3) is 0 Å². The summed E-state index contributed by atoms with van der Waals surface area (Å²) in [7, 11) is -3.64. The second-order valence-corrected chi connectivity index (χ2v) is 2.51. The molecule has 0 rings (SSSR count). The Hall–Kier alpha value is 0.682. The van der Waals surface area contributed by atoms with E-state index in [1.807, 2.05) is 0 Å². The molecule has 0 unspecified atom stereocenters. The minimum atomic E-state index is -3.64. The molecule has 38 valence electrons. The zero-order valence-electron chi connectivity index (χ0n) is 2.75. The number of hydrogen-bond donors (Lipinski definition) is 2. The smallest absolute Gasteiger partial charge is 0.322 e. The van der Waals surface area contributed by atoms with E-state index in [2.05, 4.69) is 0 Å². The molecule has 0 saturated carbocycles. The molecule has 6 heavy (non-hydrogen) atoms. The molecule has 0 radical (unpaired) electrons. The van der Waals surface area contributed by atoms with Crippen LogP contribution in [0.4, 0.5) is 0 Å². The highest BCUT2D eigenvalue weighted by Gasteiger charge is 1.95. The maximum atomic E-state index is 9.33. The minimum Gasteiger partial charge on any atom is -0.325 e. The fraction of sp³-hybridized carbons (Fsp3) is 1.00. The van der Waals surface area contributed by atoms with Crippen molar-refractivity contribution in [3.8, 4) is 0 Å². The second kappa shape index (κ2) is 2.79. The van der Waals surface area contributed by atoms with Gasteiger partial charge in [-0.1, -0.05) is 0 Å². The fourth-order valence-corrected chi connectivity index (χ4v) is 0. The lowest BCUT2D eigenvalue weighted by Crippen LogP contribution is -1.64. The van der Waals surface area contributed by atoms with Gasteiger partial charge in [0.15, 0.2) is 17.4 Å². The lowest BCUT2D eigenvalue weighted by atomic mass is 12.0. The highest BCUT2D eigenvalue weighted by atomic mass is 31.2. The standard InChI is InChI=1S/CH5O3P.Al.3H/c1-5(2,3)4;;;;/h1H3,(H2,2,3,4);;;;. The van der Waals surface area contributed by atoms with Crippen LogP contribution >= 0.6 is 7.60 Å². The van der Waals surface area contributed by atoms with Crippen molar-refractivity contribution in [3.63, 3.8) is 0 Å². The second-order valence-electron chi connectivity index (χ2n) is 0.835. The molecule has 0 aliphatic heterocycles. The maximum absolute atomic E-state index is 9.33. The van der Waals surface area contributed by atoms with Crippen molar-refractivity contribution in [1.29, 1.82) is 0 Å². The lowest BCUT2D eigenvalue weighted by Gasteiger charge is -1.84. The summed E-state index contributed by atoms with van der Waals surface area (Å²) < 4.78 is 9.33. The predicted molar refractivity (Wildman–Crippen MR) is 27.9 cm³/mol. The van der Waals surface area contributed by atoms with Crippen molar-refractivity contribution in [3.05, 3.63) is 0 Å². The van der Waals surface area contributed by atoms with Crippen molar-refractivity contribution < 1.29 is 14.4 Å². The van der Waals surface area contributed by atoms with Crippen molar-refractivity contribution in [2.24, 2.45) is 0 Å². The van der Waals surface area contributed by atoms with Gasteiger partial charge < -0.3 is 9.79 Å². The molecule has 0 heterocycles. The Bertz CT molecular complexity index is 56.9. The molecule has 3 nitrogen and oxygen atoms in total. The highest BCUT2D eigenvalue weighted by molar-refractivity contribution is 7.50. The van der Waals surface area contributed by atoms with Crippen LogP contribution < -0.4 is 0 Å². The molecular formula is CH8AlO3P. The monoisotopic (exact) mass is 126 g/mol. The number of hydrogen-bond acceptors (Lipinski definition) is 1. The van der Waals surface area contributed by atoms with Gasteiger partial charge in [-0.15, -0.1) is 0 Å². The Morgan fingerprint density at radius 1 is 1.50 bits per heavy atom. The van der Waals surface area contributed by atoms with Gasteiger partial charge in [-0.05, 0) is 0 Å².